The van der Waals surface area contributed by atoms with Crippen LogP contribution in [0.25, 0.3) is 0 Å². The van der Waals surface area contributed by atoms with Crippen molar-refractivity contribution in [1.29, 1.82) is 0 Å². The van der Waals surface area contributed by atoms with E-state index in [0.717, 1.165) is 19.4 Å². The Morgan fingerprint density at radius 2 is 1.52 bits per heavy atom. The molecule has 0 aliphatic carbocycles. The van der Waals surface area contributed by atoms with Gasteiger partial charge in [0.25, 0.3) is 0 Å². The van der Waals surface area contributed by atoms with Crippen LogP contribution in [0.15, 0.2) is 42.5 Å². The zero-order valence-electron chi connectivity index (χ0n) is 13.7. The van der Waals surface area contributed by atoms with Gasteiger partial charge in [-0.1, -0.05) is 55.0 Å². The summed E-state index contributed by atoms with van der Waals surface area (Å²) in [6.07, 6.45) is 2.18. The molecule has 1 N–H and O–H groups in total. The molecule has 2 rings (SSSR count). The lowest BCUT2D eigenvalue weighted by Gasteiger charge is -2.21. The van der Waals surface area contributed by atoms with Gasteiger partial charge in [-0.3, -0.25) is 0 Å². The van der Waals surface area contributed by atoms with Crippen LogP contribution in [0.2, 0.25) is 0 Å². The maximum atomic E-state index is 3.65. The van der Waals surface area contributed by atoms with Crippen LogP contribution in [0, 0.1) is 20.8 Å². The van der Waals surface area contributed by atoms with E-state index in [1.807, 2.05) is 0 Å². The maximum Gasteiger partial charge on any atom is 0.0148 e. The average Bonchev–Trinajstić information content (AvgIpc) is 2.44. The molecule has 21 heavy (non-hydrogen) atoms. The number of hydrogen-bond acceptors (Lipinski definition) is 1. The number of benzene rings is 2. The minimum atomic E-state index is 0.498. The molecule has 1 unspecified atom stereocenters. The zero-order chi connectivity index (χ0) is 15.2. The molecule has 2 aromatic carbocycles. The van der Waals surface area contributed by atoms with Gasteiger partial charge in [0.15, 0.2) is 0 Å². The molecular weight excluding hydrogens is 254 g/mol. The van der Waals surface area contributed by atoms with Crippen molar-refractivity contribution in [2.45, 2.75) is 46.6 Å². The Hall–Kier alpha value is -1.60. The summed E-state index contributed by atoms with van der Waals surface area (Å²) in [6.45, 7) is 9.85. The van der Waals surface area contributed by atoms with Crippen molar-refractivity contribution in [1.82, 2.24) is 5.32 Å². The normalized spacial score (nSPS) is 12.4. The van der Waals surface area contributed by atoms with Crippen LogP contribution in [-0.4, -0.2) is 12.6 Å². The van der Waals surface area contributed by atoms with Gasteiger partial charge in [-0.15, -0.1) is 0 Å². The van der Waals surface area contributed by atoms with Crippen molar-refractivity contribution in [3.05, 3.63) is 70.3 Å². The molecule has 0 bridgehead atoms. The minimum Gasteiger partial charge on any atom is -0.314 e. The summed E-state index contributed by atoms with van der Waals surface area (Å²) in [5, 5.41) is 3.65. The summed E-state index contributed by atoms with van der Waals surface area (Å²) in [4.78, 5) is 0. The molecule has 0 aromatic heterocycles. The minimum absolute atomic E-state index is 0.498. The van der Waals surface area contributed by atoms with Gasteiger partial charge in [-0.25, -0.2) is 0 Å². The number of likely N-dealkylation sites (N-methyl/N-ethyl adjacent to an activating group) is 1. The summed E-state index contributed by atoms with van der Waals surface area (Å²) in [7, 11) is 0. The van der Waals surface area contributed by atoms with Gasteiger partial charge in [0, 0.05) is 6.04 Å². The van der Waals surface area contributed by atoms with Crippen LogP contribution in [-0.2, 0) is 12.8 Å². The third kappa shape index (κ3) is 4.44. The third-order valence-electron chi connectivity index (χ3n) is 4.11. The molecule has 0 spiro atoms. The first-order valence-corrected chi connectivity index (χ1v) is 7.94. The maximum absolute atomic E-state index is 3.65. The highest BCUT2D eigenvalue weighted by molar-refractivity contribution is 5.38. The second-order valence-electron chi connectivity index (χ2n) is 6.03. The van der Waals surface area contributed by atoms with Crippen molar-refractivity contribution in [2.75, 3.05) is 6.54 Å². The monoisotopic (exact) mass is 281 g/mol. The van der Waals surface area contributed by atoms with Gasteiger partial charge in [0.05, 0.1) is 0 Å². The van der Waals surface area contributed by atoms with Crippen molar-refractivity contribution in [3.63, 3.8) is 0 Å². The summed E-state index contributed by atoms with van der Waals surface area (Å²) in [5.41, 5.74) is 7.11. The van der Waals surface area contributed by atoms with E-state index < -0.39 is 0 Å². The fourth-order valence-electron chi connectivity index (χ4n) is 3.18. The number of aryl methyl sites for hydroxylation is 3. The Bertz CT molecular complexity index is 549. The summed E-state index contributed by atoms with van der Waals surface area (Å²) >= 11 is 0. The largest absolute Gasteiger partial charge is 0.314 e. The van der Waals surface area contributed by atoms with Crippen LogP contribution in [0.3, 0.4) is 0 Å². The van der Waals surface area contributed by atoms with E-state index in [-0.39, 0.29) is 0 Å². The molecular formula is C20H27N. The van der Waals surface area contributed by atoms with Crippen LogP contribution < -0.4 is 5.32 Å². The highest BCUT2D eigenvalue weighted by Crippen LogP contribution is 2.19. The van der Waals surface area contributed by atoms with Gasteiger partial charge in [0.1, 0.15) is 0 Å². The summed E-state index contributed by atoms with van der Waals surface area (Å²) in [5.74, 6) is 0. The fraction of sp³-hybridized carbons (Fsp3) is 0.400. The van der Waals surface area contributed by atoms with Gasteiger partial charge >= 0.3 is 0 Å². The molecule has 1 nitrogen and oxygen atoms in total. The smallest absolute Gasteiger partial charge is 0.0148 e. The van der Waals surface area contributed by atoms with Crippen molar-refractivity contribution >= 4 is 0 Å². The molecule has 0 fully saturated rings. The van der Waals surface area contributed by atoms with E-state index in [1.54, 1.807) is 0 Å². The number of hydrogen-bond donors (Lipinski definition) is 1. The quantitative estimate of drug-likeness (QED) is 0.829. The lowest BCUT2D eigenvalue weighted by Crippen LogP contribution is -2.33. The molecule has 0 heterocycles. The standard InChI is InChI=1S/C20H27N/c1-5-21-19(13-18-9-7-6-8-10-18)14-20-16(3)11-15(2)12-17(20)4/h6-12,19,21H,5,13-14H2,1-4H3. The Balaban J connectivity index is 2.17. The third-order valence-corrected chi connectivity index (χ3v) is 4.11. The molecule has 0 saturated carbocycles. The summed E-state index contributed by atoms with van der Waals surface area (Å²) in [6, 6.07) is 15.9. The van der Waals surface area contributed by atoms with E-state index in [2.05, 4.69) is 75.5 Å². The lowest BCUT2D eigenvalue weighted by atomic mass is 9.92. The SMILES string of the molecule is CCNC(Cc1ccccc1)Cc1c(C)cc(C)cc1C. The van der Waals surface area contributed by atoms with E-state index in [9.17, 15) is 0 Å². The van der Waals surface area contributed by atoms with Gasteiger partial charge in [0.2, 0.25) is 0 Å². The topological polar surface area (TPSA) is 12.0 Å². The molecule has 1 atom stereocenters. The Kier molecular flexibility index (Phi) is 5.58. The van der Waals surface area contributed by atoms with E-state index >= 15 is 0 Å². The molecule has 0 aliphatic heterocycles. The summed E-state index contributed by atoms with van der Waals surface area (Å²) < 4.78 is 0. The highest BCUT2D eigenvalue weighted by atomic mass is 14.9. The number of nitrogens with one attached hydrogen (secondary N) is 1. The van der Waals surface area contributed by atoms with Crippen LogP contribution in [0.4, 0.5) is 0 Å². The van der Waals surface area contributed by atoms with Crippen molar-refractivity contribution < 1.29 is 0 Å². The molecule has 0 saturated heterocycles. The molecule has 0 aliphatic rings. The first-order valence-electron chi connectivity index (χ1n) is 7.94. The predicted octanol–water partition coefficient (Wildman–Crippen LogP) is 4.38. The van der Waals surface area contributed by atoms with E-state index in [1.165, 1.54) is 27.8 Å². The van der Waals surface area contributed by atoms with Gasteiger partial charge < -0.3 is 5.32 Å². The van der Waals surface area contributed by atoms with Crippen molar-refractivity contribution in [2.24, 2.45) is 0 Å². The first kappa shape index (κ1) is 15.8. The molecule has 1 heteroatoms. The Morgan fingerprint density at radius 3 is 2.10 bits per heavy atom. The van der Waals surface area contributed by atoms with Crippen LogP contribution in [0.1, 0.15) is 34.7 Å². The van der Waals surface area contributed by atoms with Gasteiger partial charge in [-0.05, 0) is 62.4 Å². The molecule has 0 radical (unpaired) electrons. The second-order valence-corrected chi connectivity index (χ2v) is 6.03. The first-order chi connectivity index (χ1) is 10.1. The lowest BCUT2D eigenvalue weighted by molar-refractivity contribution is 0.519. The molecule has 2 aromatic rings. The van der Waals surface area contributed by atoms with E-state index in [0.29, 0.717) is 6.04 Å². The zero-order valence-corrected chi connectivity index (χ0v) is 13.7. The van der Waals surface area contributed by atoms with Crippen LogP contribution in [0.5, 0.6) is 0 Å². The fourth-order valence-corrected chi connectivity index (χ4v) is 3.18. The molecule has 112 valence electrons. The number of rotatable bonds is 6. The van der Waals surface area contributed by atoms with Crippen LogP contribution >= 0.6 is 0 Å². The highest BCUT2D eigenvalue weighted by Gasteiger charge is 2.13. The Morgan fingerprint density at radius 1 is 0.905 bits per heavy atom. The molecule has 0 amide bonds. The Labute approximate surface area is 129 Å². The average molecular weight is 281 g/mol. The van der Waals surface area contributed by atoms with Gasteiger partial charge in [-0.2, -0.15) is 0 Å². The van der Waals surface area contributed by atoms with E-state index in [4.69, 9.17) is 0 Å². The predicted molar refractivity (Wildman–Crippen MR) is 92.0 cm³/mol. The second kappa shape index (κ2) is 7.42. The van der Waals surface area contributed by atoms with Crippen molar-refractivity contribution in [3.8, 4) is 0 Å².